The maximum absolute atomic E-state index is 2.47. The molecule has 0 aliphatic heterocycles. The highest BCUT2D eigenvalue weighted by Crippen LogP contribution is 2.47. The van der Waals surface area contributed by atoms with Crippen LogP contribution < -0.4 is 0 Å². The number of para-hydroxylation sites is 2. The summed E-state index contributed by atoms with van der Waals surface area (Å²) < 4.78 is 5.16. The van der Waals surface area contributed by atoms with Crippen LogP contribution in [0.3, 0.4) is 0 Å². The van der Waals surface area contributed by atoms with Crippen molar-refractivity contribution in [3.63, 3.8) is 0 Å². The van der Waals surface area contributed by atoms with Crippen LogP contribution in [0.15, 0.2) is 176 Å². The van der Waals surface area contributed by atoms with E-state index in [1.54, 1.807) is 0 Å². The number of thiophene rings is 1. The lowest BCUT2D eigenvalue weighted by Crippen LogP contribution is -2.33. The molecule has 0 atom stereocenters. The molecular weight excluding hydrogens is 587 g/mol. The average Bonchev–Trinajstić information content (AvgIpc) is 3.68. The molecule has 2 heterocycles. The lowest BCUT2D eigenvalue weighted by molar-refractivity contribution is 0.511. The molecule has 1 nitrogen and oxygen atoms in total. The number of rotatable bonds is 7. The molecule has 7 aromatic carbocycles. The third-order valence-electron chi connectivity index (χ3n) is 9.85. The third kappa shape index (κ3) is 4.68. The van der Waals surface area contributed by atoms with E-state index in [0.717, 1.165) is 12.8 Å². The standard InChI is InChI=1S/C45H33NS/c1-3-15-32(16-4-1)30-45(31-33-17-5-2-6-18-33,40-25-14-24-39-38-23-9-12-28-43(38)47-44(39)40)34-19-13-20-35(29-34)46-41-26-10-7-21-36(41)37-22-8-11-27-42(37)46/h1-29H,30-31H2. The molecule has 9 rings (SSSR count). The van der Waals surface area contributed by atoms with Gasteiger partial charge in [-0.3, -0.25) is 0 Å². The number of hydrogen-bond acceptors (Lipinski definition) is 1. The van der Waals surface area contributed by atoms with E-state index < -0.39 is 0 Å². The van der Waals surface area contributed by atoms with Gasteiger partial charge >= 0.3 is 0 Å². The third-order valence-corrected chi connectivity index (χ3v) is 11.1. The topological polar surface area (TPSA) is 4.93 Å². The Kier molecular flexibility index (Phi) is 6.76. The van der Waals surface area contributed by atoms with Crippen LogP contribution in [-0.2, 0) is 18.3 Å². The lowest BCUT2D eigenvalue weighted by Gasteiger charge is -2.37. The number of aromatic nitrogens is 1. The first kappa shape index (κ1) is 27.8. The van der Waals surface area contributed by atoms with Crippen LogP contribution in [0.4, 0.5) is 0 Å². The van der Waals surface area contributed by atoms with Gasteiger partial charge in [-0.25, -0.2) is 0 Å². The zero-order valence-corrected chi connectivity index (χ0v) is 26.8. The number of fused-ring (bicyclic) bond motifs is 6. The Labute approximate surface area is 279 Å². The van der Waals surface area contributed by atoms with Gasteiger partial charge in [-0.2, -0.15) is 0 Å². The normalized spacial score (nSPS) is 12.0. The van der Waals surface area contributed by atoms with E-state index in [4.69, 9.17) is 0 Å². The first-order valence-electron chi connectivity index (χ1n) is 16.4. The molecule has 9 aromatic rings. The minimum atomic E-state index is -0.335. The van der Waals surface area contributed by atoms with Gasteiger partial charge in [0.05, 0.1) is 11.0 Å². The molecule has 0 aliphatic rings. The molecule has 0 saturated carbocycles. The molecule has 2 aromatic heterocycles. The van der Waals surface area contributed by atoms with Gasteiger partial charge in [-0.05, 0) is 65.4 Å². The summed E-state index contributed by atoms with van der Waals surface area (Å²) in [5, 5.41) is 5.24. The Morgan fingerprint density at radius 3 is 1.64 bits per heavy atom. The van der Waals surface area contributed by atoms with Crippen molar-refractivity contribution in [2.24, 2.45) is 0 Å². The SMILES string of the molecule is c1ccc(CC(Cc2ccccc2)(c2cccc(-n3c4ccccc4c4ccccc43)c2)c2cccc3c2sc2ccccc23)cc1. The smallest absolute Gasteiger partial charge is 0.0541 e. The molecule has 2 heteroatoms. The van der Waals surface area contributed by atoms with Gasteiger partial charge in [0, 0.05) is 42.0 Å². The monoisotopic (exact) mass is 619 g/mol. The highest BCUT2D eigenvalue weighted by molar-refractivity contribution is 7.26. The summed E-state index contributed by atoms with van der Waals surface area (Å²) in [5.74, 6) is 0. The summed E-state index contributed by atoms with van der Waals surface area (Å²) in [6.45, 7) is 0. The van der Waals surface area contributed by atoms with E-state index in [2.05, 4.69) is 180 Å². The molecule has 224 valence electrons. The Bertz CT molecular complexity index is 2420. The maximum Gasteiger partial charge on any atom is 0.0541 e. The minimum absolute atomic E-state index is 0.335. The Balaban J connectivity index is 1.36. The molecule has 47 heavy (non-hydrogen) atoms. The first-order valence-corrected chi connectivity index (χ1v) is 17.2. The van der Waals surface area contributed by atoms with Crippen LogP contribution >= 0.6 is 11.3 Å². The summed E-state index contributed by atoms with van der Waals surface area (Å²) in [4.78, 5) is 0. The van der Waals surface area contributed by atoms with Gasteiger partial charge in [0.25, 0.3) is 0 Å². The largest absolute Gasteiger partial charge is 0.309 e. The fourth-order valence-corrected chi connectivity index (χ4v) is 9.08. The van der Waals surface area contributed by atoms with Crippen LogP contribution in [0.2, 0.25) is 0 Å². The summed E-state index contributed by atoms with van der Waals surface area (Å²) in [6, 6.07) is 64.9. The highest BCUT2D eigenvalue weighted by atomic mass is 32.1. The van der Waals surface area contributed by atoms with Crippen molar-refractivity contribution in [2.45, 2.75) is 18.3 Å². The molecule has 0 N–H and O–H groups in total. The molecule has 0 aliphatic carbocycles. The fourth-order valence-electron chi connectivity index (χ4n) is 7.77. The molecular formula is C45H33NS. The van der Waals surface area contributed by atoms with Crippen molar-refractivity contribution >= 4 is 53.3 Å². The first-order chi connectivity index (χ1) is 23.3. The average molecular weight is 620 g/mol. The van der Waals surface area contributed by atoms with E-state index in [1.165, 1.54) is 69.9 Å². The van der Waals surface area contributed by atoms with Gasteiger partial charge in [0.15, 0.2) is 0 Å². The Morgan fingerprint density at radius 1 is 0.447 bits per heavy atom. The molecule has 0 spiro atoms. The lowest BCUT2D eigenvalue weighted by atomic mass is 9.66. The zero-order chi connectivity index (χ0) is 31.2. The van der Waals surface area contributed by atoms with Crippen molar-refractivity contribution in [1.29, 1.82) is 0 Å². The van der Waals surface area contributed by atoms with Crippen LogP contribution in [0.25, 0.3) is 47.7 Å². The van der Waals surface area contributed by atoms with E-state index in [9.17, 15) is 0 Å². The molecule has 0 bridgehead atoms. The van der Waals surface area contributed by atoms with Crippen LogP contribution in [0.5, 0.6) is 0 Å². The van der Waals surface area contributed by atoms with Gasteiger partial charge in [0.2, 0.25) is 0 Å². The van der Waals surface area contributed by atoms with Crippen molar-refractivity contribution < 1.29 is 0 Å². The summed E-state index contributed by atoms with van der Waals surface area (Å²) in [7, 11) is 0. The van der Waals surface area contributed by atoms with Gasteiger partial charge in [-0.15, -0.1) is 11.3 Å². The van der Waals surface area contributed by atoms with E-state index in [1.807, 2.05) is 11.3 Å². The second-order valence-electron chi connectivity index (χ2n) is 12.6. The van der Waals surface area contributed by atoms with Crippen LogP contribution in [0, 0.1) is 0 Å². The predicted molar refractivity (Wildman–Crippen MR) is 201 cm³/mol. The summed E-state index contributed by atoms with van der Waals surface area (Å²) in [6.07, 6.45) is 1.76. The van der Waals surface area contributed by atoms with E-state index in [0.29, 0.717) is 0 Å². The fraction of sp³-hybridized carbons (Fsp3) is 0.0667. The van der Waals surface area contributed by atoms with Crippen LogP contribution in [-0.4, -0.2) is 4.57 Å². The second kappa shape index (κ2) is 11.4. The maximum atomic E-state index is 2.47. The van der Waals surface area contributed by atoms with Crippen LogP contribution in [0.1, 0.15) is 22.3 Å². The summed E-state index contributed by atoms with van der Waals surface area (Å²) in [5.41, 5.74) is 8.71. The molecule has 0 radical (unpaired) electrons. The quantitative estimate of drug-likeness (QED) is 0.167. The number of benzene rings is 7. The van der Waals surface area contributed by atoms with Crippen molar-refractivity contribution in [1.82, 2.24) is 4.57 Å². The Morgan fingerprint density at radius 2 is 0.979 bits per heavy atom. The van der Waals surface area contributed by atoms with E-state index >= 15 is 0 Å². The second-order valence-corrected chi connectivity index (χ2v) is 13.7. The number of nitrogens with zero attached hydrogens (tertiary/aromatic N) is 1. The van der Waals surface area contributed by atoms with Crippen molar-refractivity contribution in [3.8, 4) is 5.69 Å². The Hall–Kier alpha value is -5.44. The minimum Gasteiger partial charge on any atom is -0.309 e. The summed E-state index contributed by atoms with van der Waals surface area (Å²) >= 11 is 1.93. The van der Waals surface area contributed by atoms with E-state index in [-0.39, 0.29) is 5.41 Å². The van der Waals surface area contributed by atoms with Crippen molar-refractivity contribution in [2.75, 3.05) is 0 Å². The molecule has 0 unspecified atom stereocenters. The molecule has 0 saturated heterocycles. The van der Waals surface area contributed by atoms with Gasteiger partial charge < -0.3 is 4.57 Å². The number of hydrogen-bond donors (Lipinski definition) is 0. The highest BCUT2D eigenvalue weighted by Gasteiger charge is 2.37. The van der Waals surface area contributed by atoms with Gasteiger partial charge in [-0.1, -0.05) is 146 Å². The molecule has 0 amide bonds. The zero-order valence-electron chi connectivity index (χ0n) is 26.0. The van der Waals surface area contributed by atoms with Crippen molar-refractivity contribution in [3.05, 3.63) is 198 Å². The molecule has 0 fully saturated rings. The predicted octanol–water partition coefficient (Wildman–Crippen LogP) is 11.9. The van der Waals surface area contributed by atoms with Gasteiger partial charge in [0.1, 0.15) is 0 Å².